The first-order valence-corrected chi connectivity index (χ1v) is 9.98. The van der Waals surface area contributed by atoms with Crippen molar-refractivity contribution >= 4 is 45.4 Å². The lowest BCUT2D eigenvalue weighted by Gasteiger charge is -2.14. The highest BCUT2D eigenvalue weighted by atomic mass is 32.2. The van der Waals surface area contributed by atoms with Gasteiger partial charge in [-0.1, -0.05) is 18.2 Å². The van der Waals surface area contributed by atoms with Crippen LogP contribution in [0.1, 0.15) is 6.42 Å². The summed E-state index contributed by atoms with van der Waals surface area (Å²) in [6.07, 6.45) is 2.20. The van der Waals surface area contributed by atoms with Crippen molar-refractivity contribution in [1.29, 1.82) is 0 Å². The molecule has 0 saturated carbocycles. The standard InChI is InChI=1S/C20H19NO6S/c1-28-9-8-16(19(23)24)21-18(22)11-26-12-6-7-14-13-4-2-3-5-15(13)20(25)27-17(14)10-12/h2-7,10,16H,8-9,11H2,1H3,(H,21,22)(H,23,24)/t16-/m0/s1. The number of carbonyl (C=O) groups is 2. The number of hydrogen-bond donors (Lipinski definition) is 2. The number of aliphatic carboxylic acids is 1. The maximum absolute atomic E-state index is 12.1. The molecule has 0 aliphatic carbocycles. The van der Waals surface area contributed by atoms with Gasteiger partial charge in [-0.3, -0.25) is 4.79 Å². The first-order valence-electron chi connectivity index (χ1n) is 8.59. The summed E-state index contributed by atoms with van der Waals surface area (Å²) < 4.78 is 10.8. The summed E-state index contributed by atoms with van der Waals surface area (Å²) in [5, 5.41) is 13.6. The summed E-state index contributed by atoms with van der Waals surface area (Å²) in [6, 6.07) is 11.2. The van der Waals surface area contributed by atoms with Gasteiger partial charge >= 0.3 is 11.6 Å². The van der Waals surface area contributed by atoms with Crippen LogP contribution in [0.15, 0.2) is 51.7 Å². The van der Waals surface area contributed by atoms with Crippen molar-refractivity contribution in [3.05, 3.63) is 52.9 Å². The largest absolute Gasteiger partial charge is 0.484 e. The Morgan fingerprint density at radius 2 is 1.93 bits per heavy atom. The van der Waals surface area contributed by atoms with Gasteiger partial charge in [0.15, 0.2) is 6.61 Å². The molecule has 1 aromatic heterocycles. The molecule has 28 heavy (non-hydrogen) atoms. The molecule has 7 nitrogen and oxygen atoms in total. The number of nitrogens with one attached hydrogen (secondary N) is 1. The number of amides is 1. The van der Waals surface area contributed by atoms with E-state index in [4.69, 9.17) is 14.3 Å². The van der Waals surface area contributed by atoms with E-state index in [1.165, 1.54) is 11.8 Å². The first-order chi connectivity index (χ1) is 13.5. The topological polar surface area (TPSA) is 106 Å². The smallest absolute Gasteiger partial charge is 0.344 e. The maximum atomic E-state index is 12.1. The fourth-order valence-corrected chi connectivity index (χ4v) is 3.30. The second-order valence-corrected chi connectivity index (χ2v) is 7.11. The molecule has 3 rings (SSSR count). The number of fused-ring (bicyclic) bond motifs is 3. The second-order valence-electron chi connectivity index (χ2n) is 6.12. The van der Waals surface area contributed by atoms with Gasteiger partial charge in [0.2, 0.25) is 0 Å². The van der Waals surface area contributed by atoms with Crippen LogP contribution in [-0.4, -0.2) is 41.6 Å². The molecule has 0 spiro atoms. The van der Waals surface area contributed by atoms with Gasteiger partial charge in [-0.2, -0.15) is 11.8 Å². The molecule has 146 valence electrons. The van der Waals surface area contributed by atoms with Crippen molar-refractivity contribution in [3.63, 3.8) is 0 Å². The van der Waals surface area contributed by atoms with Gasteiger partial charge < -0.3 is 19.6 Å². The summed E-state index contributed by atoms with van der Waals surface area (Å²) >= 11 is 1.51. The normalized spacial score (nSPS) is 12.0. The highest BCUT2D eigenvalue weighted by molar-refractivity contribution is 7.98. The molecule has 0 saturated heterocycles. The molecule has 0 aliphatic heterocycles. The fourth-order valence-electron chi connectivity index (χ4n) is 2.83. The Bertz CT molecular complexity index is 1080. The molecule has 0 fully saturated rings. The Kier molecular flexibility index (Phi) is 6.20. The van der Waals surface area contributed by atoms with E-state index >= 15 is 0 Å². The van der Waals surface area contributed by atoms with Gasteiger partial charge in [0.05, 0.1) is 5.39 Å². The summed E-state index contributed by atoms with van der Waals surface area (Å²) in [5.74, 6) is -0.650. The van der Waals surface area contributed by atoms with E-state index in [1.54, 1.807) is 30.3 Å². The van der Waals surface area contributed by atoms with Crippen molar-refractivity contribution < 1.29 is 23.8 Å². The van der Waals surface area contributed by atoms with Gasteiger partial charge in [0.1, 0.15) is 17.4 Å². The Morgan fingerprint density at radius 3 is 2.64 bits per heavy atom. The number of carboxylic acids is 1. The van der Waals surface area contributed by atoms with Crippen LogP contribution in [0.4, 0.5) is 0 Å². The monoisotopic (exact) mass is 401 g/mol. The lowest BCUT2D eigenvalue weighted by Crippen LogP contribution is -2.43. The number of hydrogen-bond acceptors (Lipinski definition) is 6. The van der Waals surface area contributed by atoms with Crippen molar-refractivity contribution in [3.8, 4) is 5.75 Å². The first kappa shape index (κ1) is 19.8. The van der Waals surface area contributed by atoms with Gasteiger partial charge in [0, 0.05) is 11.5 Å². The highest BCUT2D eigenvalue weighted by Gasteiger charge is 2.19. The summed E-state index contributed by atoms with van der Waals surface area (Å²) in [6.45, 7) is -0.341. The van der Waals surface area contributed by atoms with E-state index in [1.807, 2.05) is 18.4 Å². The molecular formula is C20H19NO6S. The highest BCUT2D eigenvalue weighted by Crippen LogP contribution is 2.26. The number of carboxylic acid groups (broad SMARTS) is 1. The summed E-state index contributed by atoms with van der Waals surface area (Å²) in [4.78, 5) is 35.3. The summed E-state index contributed by atoms with van der Waals surface area (Å²) in [7, 11) is 0. The molecule has 3 aromatic rings. The van der Waals surface area contributed by atoms with E-state index in [-0.39, 0.29) is 6.61 Å². The Balaban J connectivity index is 1.72. The second kappa shape index (κ2) is 8.79. The summed E-state index contributed by atoms with van der Waals surface area (Å²) in [5.41, 5.74) is -0.0962. The third-order valence-electron chi connectivity index (χ3n) is 4.21. The number of ether oxygens (including phenoxy) is 1. The zero-order valence-electron chi connectivity index (χ0n) is 15.1. The zero-order valence-corrected chi connectivity index (χ0v) is 16.0. The molecule has 1 amide bonds. The van der Waals surface area contributed by atoms with Crippen molar-refractivity contribution in [2.75, 3.05) is 18.6 Å². The average molecular weight is 401 g/mol. The third kappa shape index (κ3) is 4.45. The lowest BCUT2D eigenvalue weighted by atomic mass is 10.1. The van der Waals surface area contributed by atoms with Crippen LogP contribution in [-0.2, 0) is 9.59 Å². The minimum absolute atomic E-state index is 0.330. The fraction of sp³-hybridized carbons (Fsp3) is 0.250. The van der Waals surface area contributed by atoms with Gasteiger partial charge in [-0.05, 0) is 42.0 Å². The van der Waals surface area contributed by atoms with Crippen LogP contribution in [0.25, 0.3) is 21.7 Å². The molecule has 0 bridgehead atoms. The van der Waals surface area contributed by atoms with Crippen LogP contribution < -0.4 is 15.7 Å². The van der Waals surface area contributed by atoms with E-state index < -0.39 is 23.5 Å². The van der Waals surface area contributed by atoms with Gasteiger partial charge in [-0.15, -0.1) is 0 Å². The van der Waals surface area contributed by atoms with Crippen molar-refractivity contribution in [2.24, 2.45) is 0 Å². The van der Waals surface area contributed by atoms with Gasteiger partial charge in [-0.25, -0.2) is 9.59 Å². The minimum Gasteiger partial charge on any atom is -0.484 e. The number of rotatable bonds is 8. The average Bonchev–Trinajstić information content (AvgIpc) is 2.69. The molecule has 0 radical (unpaired) electrons. The molecule has 1 heterocycles. The van der Waals surface area contributed by atoms with Gasteiger partial charge in [0.25, 0.3) is 5.91 Å². The molecule has 2 N–H and O–H groups in total. The van der Waals surface area contributed by atoms with Crippen LogP contribution in [0.3, 0.4) is 0 Å². The Labute approximate surface area is 164 Å². The SMILES string of the molecule is CSCC[C@H](NC(=O)COc1ccc2c(c1)oc(=O)c1ccccc12)C(=O)O. The van der Waals surface area contributed by atoms with Crippen molar-refractivity contribution in [1.82, 2.24) is 5.32 Å². The molecule has 0 aliphatic rings. The van der Waals surface area contributed by atoms with Crippen LogP contribution in [0.5, 0.6) is 5.75 Å². The number of carbonyl (C=O) groups excluding carboxylic acids is 1. The van der Waals surface area contributed by atoms with E-state index in [0.717, 1.165) is 10.8 Å². The minimum atomic E-state index is -1.08. The van der Waals surface area contributed by atoms with E-state index in [9.17, 15) is 14.4 Å². The lowest BCUT2D eigenvalue weighted by molar-refractivity contribution is -0.142. The van der Waals surface area contributed by atoms with Crippen LogP contribution >= 0.6 is 11.8 Å². The Hall–Kier alpha value is -3.00. The molecular weight excluding hydrogens is 382 g/mol. The van der Waals surface area contributed by atoms with E-state index in [2.05, 4.69) is 5.32 Å². The zero-order chi connectivity index (χ0) is 20.1. The number of benzene rings is 2. The molecule has 8 heteroatoms. The maximum Gasteiger partial charge on any atom is 0.344 e. The molecule has 2 aromatic carbocycles. The molecule has 0 unspecified atom stereocenters. The quantitative estimate of drug-likeness (QED) is 0.441. The predicted octanol–water partition coefficient (Wildman–Crippen LogP) is 2.65. The number of thioether (sulfide) groups is 1. The van der Waals surface area contributed by atoms with Crippen LogP contribution in [0.2, 0.25) is 0 Å². The molecule has 1 atom stereocenters. The predicted molar refractivity (Wildman–Crippen MR) is 108 cm³/mol. The third-order valence-corrected chi connectivity index (χ3v) is 4.85. The van der Waals surface area contributed by atoms with E-state index in [0.29, 0.717) is 28.9 Å². The Morgan fingerprint density at radius 1 is 1.18 bits per heavy atom. The van der Waals surface area contributed by atoms with Crippen molar-refractivity contribution in [2.45, 2.75) is 12.5 Å². The van der Waals surface area contributed by atoms with Crippen LogP contribution in [0, 0.1) is 0 Å².